The molecule has 3 aliphatic carbocycles. The van der Waals surface area contributed by atoms with E-state index in [0.29, 0.717) is 24.3 Å². The highest BCUT2D eigenvalue weighted by Crippen LogP contribution is 2.57. The number of carbonyl (C=O) groups excluding carboxylic acids is 3. The Kier molecular flexibility index (Phi) is 5.97. The van der Waals surface area contributed by atoms with Crippen molar-refractivity contribution in [1.82, 2.24) is 10.6 Å². The number of nitrogens with one attached hydrogen (secondary N) is 2. The van der Waals surface area contributed by atoms with E-state index in [0.717, 1.165) is 44.1 Å². The van der Waals surface area contributed by atoms with Gasteiger partial charge < -0.3 is 5.11 Å². The number of urea groups is 1. The first kappa shape index (κ1) is 21.1. The van der Waals surface area contributed by atoms with Crippen molar-refractivity contribution in [3.63, 3.8) is 0 Å². The van der Waals surface area contributed by atoms with E-state index in [9.17, 15) is 19.5 Å². The average molecular weight is 443 g/mol. The third-order valence-electron chi connectivity index (χ3n) is 7.48. The van der Waals surface area contributed by atoms with E-state index < -0.39 is 41.2 Å². The lowest BCUT2D eigenvalue weighted by Gasteiger charge is -2.54. The first-order chi connectivity index (χ1) is 13.9. The lowest BCUT2D eigenvalue weighted by atomic mass is 9.51. The van der Waals surface area contributed by atoms with Crippen molar-refractivity contribution in [2.24, 2.45) is 23.2 Å². The van der Waals surface area contributed by atoms with Gasteiger partial charge in [-0.1, -0.05) is 30.0 Å². The van der Waals surface area contributed by atoms with Crippen LogP contribution in [-0.4, -0.2) is 34.4 Å². The number of aliphatic hydroxyl groups excluding tert-OH is 1. The molecule has 160 valence electrons. The average Bonchev–Trinajstić information content (AvgIpc) is 2.67. The Morgan fingerprint density at radius 2 is 1.59 bits per heavy atom. The van der Waals surface area contributed by atoms with Crippen LogP contribution in [0.2, 0.25) is 0 Å². The SMILES string of the molecule is O=C1NC(=O)C2(C(=O)N1)C(C1=C(Cl)CCCC1)CC(O)CC2C1CCCCC1Cl. The second-order valence-corrected chi connectivity index (χ2v) is 10.0. The zero-order valence-electron chi connectivity index (χ0n) is 16.4. The van der Waals surface area contributed by atoms with Crippen LogP contribution in [0, 0.1) is 23.2 Å². The number of halogens is 2. The van der Waals surface area contributed by atoms with Crippen molar-refractivity contribution in [2.75, 3.05) is 0 Å². The summed E-state index contributed by atoms with van der Waals surface area (Å²) in [5.74, 6) is -2.17. The van der Waals surface area contributed by atoms with E-state index >= 15 is 0 Å². The van der Waals surface area contributed by atoms with Crippen LogP contribution in [0.4, 0.5) is 4.79 Å². The fourth-order valence-corrected chi connectivity index (χ4v) is 7.06. The van der Waals surface area contributed by atoms with Crippen LogP contribution in [0.25, 0.3) is 0 Å². The summed E-state index contributed by atoms with van der Waals surface area (Å²) in [6, 6.07) is -0.788. The maximum Gasteiger partial charge on any atom is 0.328 e. The molecule has 1 heterocycles. The van der Waals surface area contributed by atoms with Gasteiger partial charge in [0.1, 0.15) is 5.41 Å². The van der Waals surface area contributed by atoms with Crippen LogP contribution in [0.3, 0.4) is 0 Å². The Morgan fingerprint density at radius 1 is 0.931 bits per heavy atom. The van der Waals surface area contributed by atoms with Gasteiger partial charge in [-0.2, -0.15) is 0 Å². The highest BCUT2D eigenvalue weighted by Gasteiger charge is 2.65. The van der Waals surface area contributed by atoms with Gasteiger partial charge in [-0.3, -0.25) is 20.2 Å². The lowest BCUT2D eigenvalue weighted by molar-refractivity contribution is -0.162. The second-order valence-electron chi connectivity index (χ2n) is 8.99. The van der Waals surface area contributed by atoms with Gasteiger partial charge in [0.2, 0.25) is 11.8 Å². The number of alkyl halides is 1. The molecule has 3 N–H and O–H groups in total. The van der Waals surface area contributed by atoms with Crippen molar-refractivity contribution in [3.8, 4) is 0 Å². The molecule has 1 saturated heterocycles. The molecule has 29 heavy (non-hydrogen) atoms. The fourth-order valence-electron chi connectivity index (χ4n) is 6.24. The number of allylic oxidation sites excluding steroid dienone is 2. The smallest absolute Gasteiger partial charge is 0.328 e. The van der Waals surface area contributed by atoms with Crippen LogP contribution in [0.15, 0.2) is 10.6 Å². The van der Waals surface area contributed by atoms with Gasteiger partial charge in [-0.05, 0) is 63.2 Å². The quantitative estimate of drug-likeness (QED) is 0.449. The third kappa shape index (κ3) is 3.51. The number of hydrogen-bond acceptors (Lipinski definition) is 4. The molecular formula is C21H28Cl2N2O4. The van der Waals surface area contributed by atoms with Crippen molar-refractivity contribution in [1.29, 1.82) is 0 Å². The summed E-state index contributed by atoms with van der Waals surface area (Å²) in [7, 11) is 0. The summed E-state index contributed by atoms with van der Waals surface area (Å²) >= 11 is 13.3. The van der Waals surface area contributed by atoms with Crippen LogP contribution < -0.4 is 10.6 Å². The second kappa shape index (κ2) is 8.20. The summed E-state index contributed by atoms with van der Waals surface area (Å²) in [6.07, 6.45) is 6.92. The number of amides is 4. The van der Waals surface area contributed by atoms with E-state index in [4.69, 9.17) is 23.2 Å². The van der Waals surface area contributed by atoms with Crippen molar-refractivity contribution in [2.45, 2.75) is 75.7 Å². The molecule has 0 aromatic rings. The number of carbonyl (C=O) groups is 3. The van der Waals surface area contributed by atoms with E-state index in [1.54, 1.807) is 0 Å². The summed E-state index contributed by atoms with van der Waals surface area (Å²) in [6.45, 7) is 0. The monoisotopic (exact) mass is 442 g/mol. The Labute approximate surface area is 180 Å². The minimum absolute atomic E-state index is 0.0736. The van der Waals surface area contributed by atoms with Gasteiger partial charge in [0.05, 0.1) is 6.10 Å². The molecule has 8 heteroatoms. The van der Waals surface area contributed by atoms with E-state index in [1.807, 2.05) is 0 Å². The molecule has 5 unspecified atom stereocenters. The van der Waals surface area contributed by atoms with Gasteiger partial charge >= 0.3 is 6.03 Å². The summed E-state index contributed by atoms with van der Waals surface area (Å²) in [5, 5.41) is 16.0. The maximum atomic E-state index is 13.4. The van der Waals surface area contributed by atoms with Gasteiger partial charge in [0.15, 0.2) is 0 Å². The molecule has 6 nitrogen and oxygen atoms in total. The molecule has 2 saturated carbocycles. The minimum atomic E-state index is -1.46. The number of aliphatic hydroxyl groups is 1. The number of barbiturate groups is 1. The van der Waals surface area contributed by atoms with Crippen LogP contribution in [-0.2, 0) is 9.59 Å². The van der Waals surface area contributed by atoms with Gasteiger partial charge in [-0.25, -0.2) is 4.79 Å². The number of rotatable bonds is 2. The molecule has 4 amide bonds. The molecule has 1 aliphatic heterocycles. The summed E-state index contributed by atoms with van der Waals surface area (Å²) in [5.41, 5.74) is -0.571. The molecular weight excluding hydrogens is 415 g/mol. The molecule has 0 radical (unpaired) electrons. The standard InChI is InChI=1S/C21H28Cl2N2O4/c22-16-7-3-1-5-12(16)14-9-11(26)10-15(13-6-2-4-8-17(13)23)21(14)18(27)24-20(29)25-19(21)28/h11-12,14-16,26H,1-10H2,(H2,24,25,27,28,29). The fraction of sp³-hybridized carbons (Fsp3) is 0.762. The maximum absolute atomic E-state index is 13.4. The van der Waals surface area contributed by atoms with Crippen LogP contribution >= 0.6 is 23.2 Å². The predicted octanol–water partition coefficient (Wildman–Crippen LogP) is 3.59. The molecule has 0 aromatic heterocycles. The van der Waals surface area contributed by atoms with Gasteiger partial charge in [0.25, 0.3) is 0 Å². The zero-order valence-corrected chi connectivity index (χ0v) is 17.9. The van der Waals surface area contributed by atoms with Crippen molar-refractivity contribution in [3.05, 3.63) is 10.6 Å². The minimum Gasteiger partial charge on any atom is -0.393 e. The Hall–Kier alpha value is -1.11. The molecule has 0 aromatic carbocycles. The molecule has 4 rings (SSSR count). The topological polar surface area (TPSA) is 95.5 Å². The van der Waals surface area contributed by atoms with Crippen molar-refractivity contribution >= 4 is 41.0 Å². The highest BCUT2D eigenvalue weighted by atomic mass is 35.5. The first-order valence-electron chi connectivity index (χ1n) is 10.7. The third-order valence-corrected chi connectivity index (χ3v) is 8.46. The van der Waals surface area contributed by atoms with Crippen LogP contribution in [0.5, 0.6) is 0 Å². The molecule has 5 atom stereocenters. The predicted molar refractivity (Wildman–Crippen MR) is 109 cm³/mol. The largest absolute Gasteiger partial charge is 0.393 e. The first-order valence-corrected chi connectivity index (χ1v) is 11.5. The van der Waals surface area contributed by atoms with E-state index in [-0.39, 0.29) is 17.7 Å². The van der Waals surface area contributed by atoms with Gasteiger partial charge in [0, 0.05) is 16.3 Å². The Morgan fingerprint density at radius 3 is 2.24 bits per heavy atom. The zero-order chi connectivity index (χ0) is 20.8. The summed E-state index contributed by atoms with van der Waals surface area (Å²) in [4.78, 5) is 38.8. The Balaban J connectivity index is 1.86. The van der Waals surface area contributed by atoms with Crippen molar-refractivity contribution < 1.29 is 19.5 Å². The van der Waals surface area contributed by atoms with Crippen LogP contribution in [0.1, 0.15) is 64.2 Å². The summed E-state index contributed by atoms with van der Waals surface area (Å²) < 4.78 is 0. The number of hydrogen-bond donors (Lipinski definition) is 3. The van der Waals surface area contributed by atoms with E-state index in [2.05, 4.69) is 10.6 Å². The highest BCUT2D eigenvalue weighted by molar-refractivity contribution is 6.30. The Bertz CT molecular complexity index is 733. The molecule has 1 spiro atoms. The normalized spacial score (nSPS) is 38.0. The molecule has 4 aliphatic rings. The number of imide groups is 2. The molecule has 3 fully saturated rings. The van der Waals surface area contributed by atoms with E-state index in [1.165, 1.54) is 0 Å². The molecule has 0 bridgehead atoms. The lowest BCUT2D eigenvalue weighted by Crippen LogP contribution is -2.70. The van der Waals surface area contributed by atoms with Gasteiger partial charge in [-0.15, -0.1) is 11.6 Å².